The molecule has 1 aromatic rings. The molecule has 0 aliphatic heterocycles. The van der Waals surface area contributed by atoms with Crippen molar-refractivity contribution in [1.82, 2.24) is 9.88 Å². The molecule has 0 amide bonds. The number of likely N-dealkylation sites (N-methyl/N-ethyl adjacent to an activating group) is 1. The minimum Gasteiger partial charge on any atom is -0.329 e. The van der Waals surface area contributed by atoms with Gasteiger partial charge in [-0.1, -0.05) is 19.9 Å². The maximum atomic E-state index is 5.98. The molecule has 0 saturated heterocycles. The summed E-state index contributed by atoms with van der Waals surface area (Å²) in [5, 5.41) is 0. The van der Waals surface area contributed by atoms with E-state index < -0.39 is 0 Å². The number of rotatable bonds is 6. The number of nitrogens with two attached hydrogens (primary N) is 1. The van der Waals surface area contributed by atoms with Crippen LogP contribution in [-0.4, -0.2) is 29.0 Å². The highest BCUT2D eigenvalue weighted by Gasteiger charge is 2.28. The van der Waals surface area contributed by atoms with E-state index in [1.54, 1.807) is 0 Å². The minimum absolute atomic E-state index is 0.0413. The van der Waals surface area contributed by atoms with Gasteiger partial charge in [-0.25, -0.2) is 0 Å². The third-order valence-corrected chi connectivity index (χ3v) is 3.55. The fourth-order valence-electron chi connectivity index (χ4n) is 2.40. The molecule has 0 fully saturated rings. The fourth-order valence-corrected chi connectivity index (χ4v) is 2.40. The first-order valence-electron chi connectivity index (χ1n) is 6.71. The van der Waals surface area contributed by atoms with Crippen molar-refractivity contribution in [2.45, 2.75) is 46.2 Å². The van der Waals surface area contributed by atoms with Gasteiger partial charge in [0.15, 0.2) is 0 Å². The second-order valence-electron chi connectivity index (χ2n) is 5.93. The molecular weight excluding hydrogens is 222 g/mol. The van der Waals surface area contributed by atoms with E-state index in [4.69, 9.17) is 5.73 Å². The van der Waals surface area contributed by atoms with Crippen molar-refractivity contribution in [2.24, 2.45) is 11.7 Å². The summed E-state index contributed by atoms with van der Waals surface area (Å²) in [7, 11) is 2.14. The van der Waals surface area contributed by atoms with Crippen LogP contribution in [0, 0.1) is 12.8 Å². The van der Waals surface area contributed by atoms with Crippen LogP contribution in [0.2, 0.25) is 0 Å². The Kier molecular flexibility index (Phi) is 5.29. The number of aryl methyl sites for hydroxylation is 1. The van der Waals surface area contributed by atoms with Crippen LogP contribution >= 0.6 is 0 Å². The lowest BCUT2D eigenvalue weighted by Crippen LogP contribution is -2.50. The van der Waals surface area contributed by atoms with Crippen molar-refractivity contribution in [1.29, 1.82) is 0 Å². The maximum Gasteiger partial charge on any atom is 0.0547 e. The Hall–Kier alpha value is -0.930. The lowest BCUT2D eigenvalue weighted by molar-refractivity contribution is 0.110. The van der Waals surface area contributed by atoms with Crippen molar-refractivity contribution in [3.8, 4) is 0 Å². The van der Waals surface area contributed by atoms with Gasteiger partial charge in [-0.3, -0.25) is 9.88 Å². The van der Waals surface area contributed by atoms with Crippen molar-refractivity contribution < 1.29 is 0 Å². The second kappa shape index (κ2) is 6.30. The van der Waals surface area contributed by atoms with Crippen LogP contribution in [0.3, 0.4) is 0 Å². The summed E-state index contributed by atoms with van der Waals surface area (Å²) in [6, 6.07) is 6.17. The summed E-state index contributed by atoms with van der Waals surface area (Å²) in [6.45, 7) is 10.3. The first kappa shape index (κ1) is 15.1. The zero-order valence-electron chi connectivity index (χ0n) is 12.4. The first-order chi connectivity index (χ1) is 8.37. The number of hydrogen-bond acceptors (Lipinski definition) is 3. The van der Waals surface area contributed by atoms with Crippen molar-refractivity contribution in [3.05, 3.63) is 29.6 Å². The molecule has 1 rings (SSSR count). The summed E-state index contributed by atoms with van der Waals surface area (Å²) < 4.78 is 0. The van der Waals surface area contributed by atoms with E-state index in [0.29, 0.717) is 12.5 Å². The molecule has 0 aliphatic rings. The number of aromatic nitrogens is 1. The molecule has 1 atom stereocenters. The molecule has 0 spiro atoms. The minimum atomic E-state index is 0.0413. The van der Waals surface area contributed by atoms with Crippen molar-refractivity contribution in [2.75, 3.05) is 13.6 Å². The molecule has 102 valence electrons. The van der Waals surface area contributed by atoms with Gasteiger partial charge in [-0.2, -0.15) is 0 Å². The molecule has 3 nitrogen and oxygen atoms in total. The third kappa shape index (κ3) is 4.07. The largest absolute Gasteiger partial charge is 0.329 e. The molecule has 18 heavy (non-hydrogen) atoms. The normalized spacial score (nSPS) is 15.1. The van der Waals surface area contributed by atoms with Gasteiger partial charge in [0.1, 0.15) is 0 Å². The van der Waals surface area contributed by atoms with Gasteiger partial charge in [0.25, 0.3) is 0 Å². The fraction of sp³-hybridized carbons (Fsp3) is 0.667. The smallest absolute Gasteiger partial charge is 0.0547 e. The van der Waals surface area contributed by atoms with Crippen molar-refractivity contribution >= 4 is 0 Å². The van der Waals surface area contributed by atoms with Gasteiger partial charge < -0.3 is 5.73 Å². The van der Waals surface area contributed by atoms with Gasteiger partial charge in [-0.05, 0) is 45.4 Å². The first-order valence-corrected chi connectivity index (χ1v) is 6.71. The van der Waals surface area contributed by atoms with Crippen LogP contribution in [0.25, 0.3) is 0 Å². The summed E-state index contributed by atoms with van der Waals surface area (Å²) in [5.74, 6) is 0.645. The Morgan fingerprint density at radius 2 is 2.06 bits per heavy atom. The molecule has 1 aromatic heterocycles. The van der Waals surface area contributed by atoms with Crippen LogP contribution in [0.15, 0.2) is 18.2 Å². The van der Waals surface area contributed by atoms with Crippen LogP contribution < -0.4 is 5.73 Å². The molecule has 1 unspecified atom stereocenters. The molecule has 0 radical (unpaired) electrons. The summed E-state index contributed by atoms with van der Waals surface area (Å²) in [5.41, 5.74) is 8.20. The van der Waals surface area contributed by atoms with E-state index in [9.17, 15) is 0 Å². The summed E-state index contributed by atoms with van der Waals surface area (Å²) >= 11 is 0. The number of hydrogen-bond donors (Lipinski definition) is 1. The quantitative estimate of drug-likeness (QED) is 0.842. The standard InChI is InChI=1S/C15H27N3/c1-12(2)9-15(4,11-16)18(5)10-14-8-6-7-13(3)17-14/h6-8,12H,9-11,16H2,1-5H3. The Morgan fingerprint density at radius 1 is 1.39 bits per heavy atom. The van der Waals surface area contributed by atoms with E-state index in [1.807, 2.05) is 13.0 Å². The lowest BCUT2D eigenvalue weighted by atomic mass is 9.89. The van der Waals surface area contributed by atoms with E-state index in [-0.39, 0.29) is 5.54 Å². The Bertz CT molecular complexity index is 376. The summed E-state index contributed by atoms with van der Waals surface area (Å²) in [6.07, 6.45) is 1.10. The zero-order valence-corrected chi connectivity index (χ0v) is 12.4. The maximum absolute atomic E-state index is 5.98. The Balaban J connectivity index is 2.76. The SMILES string of the molecule is Cc1cccc(CN(C)C(C)(CN)CC(C)C)n1. The molecule has 1 heterocycles. The van der Waals surface area contributed by atoms with Gasteiger partial charge in [0.2, 0.25) is 0 Å². The van der Waals surface area contributed by atoms with Gasteiger partial charge in [0, 0.05) is 24.3 Å². The number of pyridine rings is 1. The average Bonchev–Trinajstić information content (AvgIpc) is 2.27. The van der Waals surface area contributed by atoms with Gasteiger partial charge >= 0.3 is 0 Å². The van der Waals surface area contributed by atoms with Gasteiger partial charge in [0.05, 0.1) is 5.69 Å². The van der Waals surface area contributed by atoms with E-state index in [1.165, 1.54) is 0 Å². The molecule has 0 aromatic carbocycles. The van der Waals surface area contributed by atoms with Crippen molar-refractivity contribution in [3.63, 3.8) is 0 Å². The number of nitrogens with zero attached hydrogens (tertiary/aromatic N) is 2. The van der Waals surface area contributed by atoms with E-state index >= 15 is 0 Å². The highest BCUT2D eigenvalue weighted by molar-refractivity contribution is 5.10. The molecule has 0 bridgehead atoms. The molecule has 0 aliphatic carbocycles. The lowest BCUT2D eigenvalue weighted by Gasteiger charge is -2.39. The third-order valence-electron chi connectivity index (χ3n) is 3.55. The predicted octanol–water partition coefficient (Wildman–Crippen LogP) is 2.59. The average molecular weight is 249 g/mol. The van der Waals surface area contributed by atoms with Gasteiger partial charge in [-0.15, -0.1) is 0 Å². The second-order valence-corrected chi connectivity index (χ2v) is 5.93. The zero-order chi connectivity index (χ0) is 13.8. The molecule has 2 N–H and O–H groups in total. The Morgan fingerprint density at radius 3 is 2.56 bits per heavy atom. The van der Waals surface area contributed by atoms with E-state index in [0.717, 1.165) is 24.4 Å². The van der Waals surface area contributed by atoms with Crippen LogP contribution in [0.1, 0.15) is 38.6 Å². The predicted molar refractivity (Wildman–Crippen MR) is 77.4 cm³/mol. The monoisotopic (exact) mass is 249 g/mol. The highest BCUT2D eigenvalue weighted by Crippen LogP contribution is 2.23. The van der Waals surface area contributed by atoms with Crippen LogP contribution in [-0.2, 0) is 6.54 Å². The van der Waals surface area contributed by atoms with E-state index in [2.05, 4.69) is 49.8 Å². The highest BCUT2D eigenvalue weighted by atomic mass is 15.2. The molecule has 0 saturated carbocycles. The summed E-state index contributed by atoms with van der Waals surface area (Å²) in [4.78, 5) is 6.89. The van der Waals surface area contributed by atoms with Crippen LogP contribution in [0.5, 0.6) is 0 Å². The molecular formula is C15H27N3. The van der Waals surface area contributed by atoms with Crippen LogP contribution in [0.4, 0.5) is 0 Å². The topological polar surface area (TPSA) is 42.1 Å². The Labute approximate surface area is 111 Å². The molecule has 3 heteroatoms.